The van der Waals surface area contributed by atoms with Gasteiger partial charge in [0, 0.05) is 11.6 Å². The van der Waals surface area contributed by atoms with Gasteiger partial charge in [-0.25, -0.2) is 22.0 Å². The molecule has 9 heteroatoms. The van der Waals surface area contributed by atoms with Gasteiger partial charge in [-0.15, -0.1) is 0 Å². The Labute approximate surface area is 95.2 Å². The van der Waals surface area contributed by atoms with Crippen molar-refractivity contribution < 1.29 is 35.1 Å². The summed E-state index contributed by atoms with van der Waals surface area (Å²) in [5.41, 5.74) is 3.14. The summed E-state index contributed by atoms with van der Waals surface area (Å²) >= 11 is 0. The van der Waals surface area contributed by atoms with Crippen LogP contribution in [-0.2, 0) is 0 Å². The number of nitrogens with two attached hydrogens (primary N) is 1. The first-order valence-corrected chi connectivity index (χ1v) is 4.40. The maximum atomic E-state index is 13.1. The van der Waals surface area contributed by atoms with E-state index in [1.54, 1.807) is 0 Å². The lowest BCUT2D eigenvalue weighted by atomic mass is 10.0. The van der Waals surface area contributed by atoms with E-state index in [2.05, 4.69) is 0 Å². The monoisotopic (exact) mass is 279 g/mol. The third kappa shape index (κ3) is 2.71. The van der Waals surface area contributed by atoms with Gasteiger partial charge in [0.2, 0.25) is 5.82 Å². The highest BCUT2D eigenvalue weighted by Gasteiger charge is 2.36. The molecule has 0 aliphatic carbocycles. The van der Waals surface area contributed by atoms with Crippen molar-refractivity contribution in [1.82, 2.24) is 0 Å². The van der Waals surface area contributed by atoms with Gasteiger partial charge in [-0.05, 0) is 0 Å². The minimum Gasteiger partial charge on any atom is -0.323 e. The summed E-state index contributed by atoms with van der Waals surface area (Å²) in [4.78, 5) is 0. The topological polar surface area (TPSA) is 26.0 Å². The number of halogens is 8. The highest BCUT2D eigenvalue weighted by molar-refractivity contribution is 5.26. The third-order valence-corrected chi connectivity index (χ3v) is 2.07. The van der Waals surface area contributed by atoms with Gasteiger partial charge in [-0.2, -0.15) is 13.2 Å². The first kappa shape index (κ1) is 14.7. The summed E-state index contributed by atoms with van der Waals surface area (Å²) in [5, 5.41) is 0. The molecule has 0 aromatic heterocycles. The zero-order valence-corrected chi connectivity index (χ0v) is 8.39. The average Bonchev–Trinajstić information content (AvgIpc) is 2.21. The van der Waals surface area contributed by atoms with Gasteiger partial charge < -0.3 is 5.73 Å². The lowest BCUT2D eigenvalue weighted by Gasteiger charge is -2.16. The Morgan fingerprint density at radius 3 is 1.44 bits per heavy atom. The Morgan fingerprint density at radius 2 is 1.11 bits per heavy atom. The Bertz CT molecular complexity index is 438. The van der Waals surface area contributed by atoms with Crippen molar-refractivity contribution in [3.63, 3.8) is 0 Å². The molecule has 18 heavy (non-hydrogen) atoms. The largest absolute Gasteiger partial charge is 0.390 e. The second kappa shape index (κ2) is 4.71. The van der Waals surface area contributed by atoms with Crippen LogP contribution in [0.1, 0.15) is 18.0 Å². The summed E-state index contributed by atoms with van der Waals surface area (Å²) in [5.74, 6) is -11.8. The predicted octanol–water partition coefficient (Wildman–Crippen LogP) is 3.33. The van der Waals surface area contributed by atoms with Crippen LogP contribution >= 0.6 is 0 Å². The summed E-state index contributed by atoms with van der Waals surface area (Å²) in [6.07, 6.45) is -6.81. The van der Waals surface area contributed by atoms with Gasteiger partial charge in [0.05, 0.1) is 6.42 Å². The van der Waals surface area contributed by atoms with E-state index >= 15 is 0 Å². The van der Waals surface area contributed by atoms with Gasteiger partial charge in [-0.1, -0.05) is 0 Å². The van der Waals surface area contributed by atoms with Crippen LogP contribution in [0.5, 0.6) is 0 Å². The molecule has 0 saturated carbocycles. The summed E-state index contributed by atoms with van der Waals surface area (Å²) in [7, 11) is 0. The van der Waals surface area contributed by atoms with Crippen LogP contribution in [0.3, 0.4) is 0 Å². The molecule has 1 nitrogen and oxygen atoms in total. The third-order valence-electron chi connectivity index (χ3n) is 2.07. The van der Waals surface area contributed by atoms with Gasteiger partial charge in [0.1, 0.15) is 0 Å². The minimum absolute atomic E-state index is 1.68. The van der Waals surface area contributed by atoms with E-state index < -0.39 is 53.3 Å². The Hall–Kier alpha value is -1.38. The lowest BCUT2D eigenvalue weighted by Crippen LogP contribution is -2.24. The SMILES string of the molecule is N[C@H](CC(F)(F)F)c1c(F)c(F)c(F)c(F)c1F. The maximum Gasteiger partial charge on any atom is 0.390 e. The molecule has 0 spiro atoms. The molecular formula is C9H5F8N. The van der Waals surface area contributed by atoms with Crippen LogP contribution in [-0.4, -0.2) is 6.18 Å². The van der Waals surface area contributed by atoms with Crippen molar-refractivity contribution in [3.8, 4) is 0 Å². The van der Waals surface area contributed by atoms with Crippen molar-refractivity contribution in [2.45, 2.75) is 18.6 Å². The van der Waals surface area contributed by atoms with Crippen LogP contribution in [0, 0.1) is 29.1 Å². The van der Waals surface area contributed by atoms with Crippen LogP contribution in [0.4, 0.5) is 35.1 Å². The summed E-state index contributed by atoms with van der Waals surface area (Å²) in [6, 6.07) is -2.38. The van der Waals surface area contributed by atoms with Crippen LogP contribution in [0.25, 0.3) is 0 Å². The van der Waals surface area contributed by atoms with Crippen LogP contribution < -0.4 is 5.73 Å². The number of rotatable bonds is 2. The van der Waals surface area contributed by atoms with Crippen molar-refractivity contribution in [1.29, 1.82) is 0 Å². The number of hydrogen-bond donors (Lipinski definition) is 1. The molecular weight excluding hydrogens is 274 g/mol. The fourth-order valence-electron chi connectivity index (χ4n) is 1.30. The molecule has 1 rings (SSSR count). The molecule has 0 bridgehead atoms. The molecule has 0 fully saturated rings. The zero-order chi connectivity index (χ0) is 14.2. The number of benzene rings is 1. The van der Waals surface area contributed by atoms with E-state index in [1.165, 1.54) is 0 Å². The Kier molecular flexibility index (Phi) is 3.84. The molecule has 0 radical (unpaired) electrons. The fourth-order valence-corrected chi connectivity index (χ4v) is 1.30. The standard InChI is InChI=1S/C9H5F8N/c10-4-3(2(18)1-9(15,16)17)5(11)7(13)8(14)6(4)12/h2H,1,18H2/t2-/m1/s1. The average molecular weight is 279 g/mol. The molecule has 0 unspecified atom stereocenters. The van der Waals surface area contributed by atoms with Crippen molar-refractivity contribution in [3.05, 3.63) is 34.6 Å². The van der Waals surface area contributed by atoms with Crippen LogP contribution in [0.2, 0.25) is 0 Å². The molecule has 2 N–H and O–H groups in total. The van der Waals surface area contributed by atoms with E-state index in [4.69, 9.17) is 5.73 Å². The quantitative estimate of drug-likeness (QED) is 0.501. The molecule has 0 heterocycles. The smallest absolute Gasteiger partial charge is 0.323 e. The Morgan fingerprint density at radius 1 is 0.778 bits per heavy atom. The summed E-state index contributed by atoms with van der Waals surface area (Å²) < 4.78 is 100.0. The van der Waals surface area contributed by atoms with Crippen molar-refractivity contribution in [2.75, 3.05) is 0 Å². The van der Waals surface area contributed by atoms with Gasteiger partial charge in [0.25, 0.3) is 0 Å². The normalized spacial score (nSPS) is 13.8. The minimum atomic E-state index is -4.90. The first-order valence-electron chi connectivity index (χ1n) is 4.40. The molecule has 1 atom stereocenters. The van der Waals surface area contributed by atoms with Crippen molar-refractivity contribution in [2.24, 2.45) is 5.73 Å². The second-order valence-corrected chi connectivity index (χ2v) is 3.41. The van der Waals surface area contributed by atoms with Crippen LogP contribution in [0.15, 0.2) is 0 Å². The second-order valence-electron chi connectivity index (χ2n) is 3.41. The van der Waals surface area contributed by atoms with E-state index in [0.29, 0.717) is 0 Å². The Balaban J connectivity index is 3.33. The zero-order valence-electron chi connectivity index (χ0n) is 8.39. The van der Waals surface area contributed by atoms with E-state index in [-0.39, 0.29) is 0 Å². The number of hydrogen-bond acceptors (Lipinski definition) is 1. The molecule has 1 aromatic carbocycles. The van der Waals surface area contributed by atoms with Crippen molar-refractivity contribution >= 4 is 0 Å². The highest BCUT2D eigenvalue weighted by Crippen LogP contribution is 2.33. The van der Waals surface area contributed by atoms with Gasteiger partial charge in [-0.3, -0.25) is 0 Å². The van der Waals surface area contributed by atoms with E-state index in [1.807, 2.05) is 0 Å². The molecule has 0 aliphatic rings. The number of alkyl halides is 3. The fraction of sp³-hybridized carbons (Fsp3) is 0.333. The van der Waals surface area contributed by atoms with Gasteiger partial charge >= 0.3 is 6.18 Å². The first-order chi connectivity index (χ1) is 8.06. The summed E-state index contributed by atoms with van der Waals surface area (Å²) in [6.45, 7) is 0. The molecule has 0 amide bonds. The maximum absolute atomic E-state index is 13.1. The molecule has 102 valence electrons. The van der Waals surface area contributed by atoms with E-state index in [9.17, 15) is 35.1 Å². The highest BCUT2D eigenvalue weighted by atomic mass is 19.4. The predicted molar refractivity (Wildman–Crippen MR) is 43.8 cm³/mol. The van der Waals surface area contributed by atoms with Gasteiger partial charge in [0.15, 0.2) is 23.3 Å². The molecule has 0 saturated heterocycles. The van der Waals surface area contributed by atoms with E-state index in [0.717, 1.165) is 0 Å². The molecule has 1 aromatic rings. The molecule has 0 aliphatic heterocycles. The lowest BCUT2D eigenvalue weighted by molar-refractivity contribution is -0.138.